The smallest absolute Gasteiger partial charge is 0.187 e. The number of aromatic nitrogens is 1. The maximum absolute atomic E-state index is 14.5. The van der Waals surface area contributed by atoms with Gasteiger partial charge in [-0.15, -0.1) is 0 Å². The maximum Gasteiger partial charge on any atom is 0.187 e. The van der Waals surface area contributed by atoms with Crippen molar-refractivity contribution in [3.05, 3.63) is 76.0 Å². The van der Waals surface area contributed by atoms with Gasteiger partial charge >= 0.3 is 0 Å². The van der Waals surface area contributed by atoms with Crippen molar-refractivity contribution in [1.82, 2.24) is 4.98 Å². The van der Waals surface area contributed by atoms with E-state index in [-0.39, 0.29) is 5.56 Å². The summed E-state index contributed by atoms with van der Waals surface area (Å²) in [7, 11) is 0. The minimum Gasteiger partial charge on any atom is -0.331 e. The Morgan fingerprint density at radius 2 is 1.80 bits per heavy atom. The van der Waals surface area contributed by atoms with Gasteiger partial charge in [-0.25, -0.2) is 13.8 Å². The molecule has 0 unspecified atom stereocenters. The van der Waals surface area contributed by atoms with Gasteiger partial charge in [-0.1, -0.05) is 23.5 Å². The molecule has 3 aromatic rings. The van der Waals surface area contributed by atoms with Crippen LogP contribution in [-0.4, -0.2) is 4.98 Å². The first-order chi connectivity index (χ1) is 14.6. The standard InChI is InChI=1S/C24H19F2N3S/c25-18-7-3-8-19(26)21(18)22(15-4-1-5-15)29-24-28-20-9-2-6-16-12-14(13-27)10-11-17(16)23(20)30-24/h3,7-8,10-12H,1-2,4-6,9H2,(H,28,29). The number of nitrogens with zero attached hydrogens (tertiary/aromatic N) is 2. The second-order valence-corrected chi connectivity index (χ2v) is 8.68. The van der Waals surface area contributed by atoms with E-state index >= 15 is 0 Å². The molecule has 1 N–H and O–H groups in total. The SMILES string of the molecule is N#Cc1ccc2c(c1)CCCc1nc(NC(=C3CCC3)c3c(F)cccc3F)sc1-2. The van der Waals surface area contributed by atoms with E-state index in [1.165, 1.54) is 29.5 Å². The third-order valence-corrected chi connectivity index (χ3v) is 6.84. The number of nitrogens with one attached hydrogen (secondary N) is 1. The zero-order chi connectivity index (χ0) is 20.7. The molecule has 0 spiro atoms. The third kappa shape index (κ3) is 3.29. The lowest BCUT2D eigenvalue weighted by atomic mass is 9.88. The summed E-state index contributed by atoms with van der Waals surface area (Å²) in [4.78, 5) is 5.85. The second-order valence-electron chi connectivity index (χ2n) is 7.69. The topological polar surface area (TPSA) is 48.7 Å². The van der Waals surface area contributed by atoms with E-state index in [0.29, 0.717) is 16.4 Å². The predicted molar refractivity (Wildman–Crippen MR) is 115 cm³/mol. The fourth-order valence-corrected chi connectivity index (χ4v) is 5.17. The van der Waals surface area contributed by atoms with E-state index in [1.54, 1.807) is 0 Å². The Balaban J connectivity index is 1.56. The molecule has 1 saturated carbocycles. The quantitative estimate of drug-likeness (QED) is 0.530. The van der Waals surface area contributed by atoms with Gasteiger partial charge in [0.25, 0.3) is 0 Å². The largest absolute Gasteiger partial charge is 0.331 e. The molecule has 0 aliphatic heterocycles. The highest BCUT2D eigenvalue weighted by Gasteiger charge is 2.24. The number of benzene rings is 2. The van der Waals surface area contributed by atoms with E-state index in [4.69, 9.17) is 4.98 Å². The monoisotopic (exact) mass is 419 g/mol. The van der Waals surface area contributed by atoms with Crippen molar-refractivity contribution in [2.45, 2.75) is 38.5 Å². The highest BCUT2D eigenvalue weighted by Crippen LogP contribution is 2.42. The molecule has 1 aromatic heterocycles. The second kappa shape index (κ2) is 7.66. The van der Waals surface area contributed by atoms with Crippen LogP contribution in [0.4, 0.5) is 13.9 Å². The molecule has 0 atom stereocenters. The van der Waals surface area contributed by atoms with Crippen LogP contribution >= 0.6 is 11.3 Å². The Labute approximate surface area is 177 Å². The maximum atomic E-state index is 14.5. The summed E-state index contributed by atoms with van der Waals surface area (Å²) in [6.45, 7) is 0. The van der Waals surface area contributed by atoms with E-state index < -0.39 is 11.6 Å². The highest BCUT2D eigenvalue weighted by atomic mass is 32.1. The van der Waals surface area contributed by atoms with Crippen LogP contribution < -0.4 is 5.32 Å². The van der Waals surface area contributed by atoms with Crippen molar-refractivity contribution in [3.63, 3.8) is 0 Å². The number of thiazole rings is 1. The summed E-state index contributed by atoms with van der Waals surface area (Å²) in [6, 6.07) is 11.9. The van der Waals surface area contributed by atoms with Gasteiger partial charge in [0.1, 0.15) is 11.6 Å². The lowest BCUT2D eigenvalue weighted by Crippen LogP contribution is -2.11. The van der Waals surface area contributed by atoms with Gasteiger partial charge in [0.2, 0.25) is 0 Å². The number of hydrogen-bond acceptors (Lipinski definition) is 4. The lowest BCUT2D eigenvalue weighted by molar-refractivity contribution is 0.574. The number of rotatable bonds is 3. The number of allylic oxidation sites excluding steroid dienone is 1. The van der Waals surface area contributed by atoms with Crippen LogP contribution in [0, 0.1) is 23.0 Å². The number of halogens is 2. The van der Waals surface area contributed by atoms with Gasteiger partial charge in [0, 0.05) is 0 Å². The van der Waals surface area contributed by atoms with Crippen molar-refractivity contribution in [3.8, 4) is 16.5 Å². The average Bonchev–Trinajstić information content (AvgIpc) is 3.01. The summed E-state index contributed by atoms with van der Waals surface area (Å²) in [6.07, 6.45) is 5.39. The van der Waals surface area contributed by atoms with Crippen molar-refractivity contribution >= 4 is 22.2 Å². The van der Waals surface area contributed by atoms with E-state index in [1.807, 2.05) is 18.2 Å². The van der Waals surface area contributed by atoms with E-state index in [0.717, 1.165) is 65.8 Å². The molecule has 6 heteroatoms. The molecule has 2 aliphatic carbocycles. The number of hydrogen-bond donors (Lipinski definition) is 1. The van der Waals surface area contributed by atoms with Crippen molar-refractivity contribution < 1.29 is 8.78 Å². The predicted octanol–water partition coefficient (Wildman–Crippen LogP) is 6.46. The summed E-state index contributed by atoms with van der Waals surface area (Å²) >= 11 is 1.51. The summed E-state index contributed by atoms with van der Waals surface area (Å²) in [5.41, 5.74) is 5.45. The fourth-order valence-electron chi connectivity index (χ4n) is 4.10. The molecule has 0 saturated heterocycles. The van der Waals surface area contributed by atoms with E-state index in [9.17, 15) is 14.0 Å². The summed E-state index contributed by atoms with van der Waals surface area (Å²) in [5.74, 6) is -1.13. The van der Waals surface area contributed by atoms with Crippen LogP contribution in [0.2, 0.25) is 0 Å². The van der Waals surface area contributed by atoms with Gasteiger partial charge in [-0.05, 0) is 79.5 Å². The molecule has 2 aliphatic rings. The Morgan fingerprint density at radius 3 is 2.50 bits per heavy atom. The van der Waals surface area contributed by atoms with Crippen LogP contribution in [0.15, 0.2) is 42.0 Å². The van der Waals surface area contributed by atoms with Crippen LogP contribution in [0.1, 0.15) is 48.1 Å². The molecule has 1 fully saturated rings. The molecule has 3 nitrogen and oxygen atoms in total. The fraction of sp³-hybridized carbons (Fsp3) is 0.250. The zero-order valence-corrected chi connectivity index (χ0v) is 17.1. The van der Waals surface area contributed by atoms with Crippen molar-refractivity contribution in [1.29, 1.82) is 5.26 Å². The first-order valence-electron chi connectivity index (χ1n) is 10.1. The van der Waals surface area contributed by atoms with Crippen LogP contribution in [0.3, 0.4) is 0 Å². The number of aryl methyl sites for hydroxylation is 2. The molecule has 2 aromatic carbocycles. The molecular weight excluding hydrogens is 400 g/mol. The molecular formula is C24H19F2N3S. The summed E-state index contributed by atoms with van der Waals surface area (Å²) in [5, 5.41) is 13.1. The van der Waals surface area contributed by atoms with Crippen LogP contribution in [0.25, 0.3) is 16.1 Å². The van der Waals surface area contributed by atoms with Crippen LogP contribution in [0.5, 0.6) is 0 Å². The summed E-state index contributed by atoms with van der Waals surface area (Å²) < 4.78 is 29.0. The molecule has 5 rings (SSSR count). The Morgan fingerprint density at radius 1 is 1.03 bits per heavy atom. The molecule has 0 amide bonds. The Kier molecular flexibility index (Phi) is 4.84. The van der Waals surface area contributed by atoms with Crippen LogP contribution in [-0.2, 0) is 12.8 Å². The minimum atomic E-state index is -0.565. The van der Waals surface area contributed by atoms with Crippen molar-refractivity contribution in [2.75, 3.05) is 5.32 Å². The molecule has 0 radical (unpaired) electrons. The number of fused-ring (bicyclic) bond motifs is 3. The molecule has 30 heavy (non-hydrogen) atoms. The molecule has 1 heterocycles. The average molecular weight is 420 g/mol. The van der Waals surface area contributed by atoms with Gasteiger partial charge < -0.3 is 5.32 Å². The Bertz CT molecular complexity index is 1190. The van der Waals surface area contributed by atoms with Crippen molar-refractivity contribution in [2.24, 2.45) is 0 Å². The molecule has 0 bridgehead atoms. The number of nitriles is 1. The van der Waals surface area contributed by atoms with Gasteiger partial charge in [0.15, 0.2) is 5.13 Å². The number of anilines is 1. The van der Waals surface area contributed by atoms with Gasteiger partial charge in [-0.2, -0.15) is 5.26 Å². The highest BCUT2D eigenvalue weighted by molar-refractivity contribution is 7.19. The van der Waals surface area contributed by atoms with Gasteiger partial charge in [-0.3, -0.25) is 0 Å². The normalized spacial score (nSPS) is 14.8. The van der Waals surface area contributed by atoms with E-state index in [2.05, 4.69) is 11.4 Å². The zero-order valence-electron chi connectivity index (χ0n) is 16.3. The third-order valence-electron chi connectivity index (χ3n) is 5.79. The minimum absolute atomic E-state index is 0.00310. The Hall–Kier alpha value is -3.04. The molecule has 150 valence electrons. The first kappa shape index (κ1) is 19.0. The lowest BCUT2D eigenvalue weighted by Gasteiger charge is -2.23. The first-order valence-corrected chi connectivity index (χ1v) is 10.9. The van der Waals surface area contributed by atoms with Gasteiger partial charge in [0.05, 0.1) is 33.5 Å².